The second-order valence-corrected chi connectivity index (χ2v) is 10.1. The van der Waals surface area contributed by atoms with Crippen molar-refractivity contribution < 1.29 is 24.6 Å². The Balaban J connectivity index is 1.61. The third-order valence-corrected chi connectivity index (χ3v) is 7.28. The molecule has 0 saturated heterocycles. The number of carbonyl (C=O) groups excluding carboxylic acids is 3. The van der Waals surface area contributed by atoms with E-state index in [1.54, 1.807) is 36.4 Å². The van der Waals surface area contributed by atoms with E-state index >= 15 is 0 Å². The number of hydrogen-bond acceptors (Lipinski definition) is 7. The van der Waals surface area contributed by atoms with Gasteiger partial charge in [-0.05, 0) is 61.7 Å². The highest BCUT2D eigenvalue weighted by atomic mass is 16.3. The predicted octanol–water partition coefficient (Wildman–Crippen LogP) is 4.27. The maximum absolute atomic E-state index is 14.2. The van der Waals surface area contributed by atoms with E-state index in [0.29, 0.717) is 27.8 Å². The molecule has 1 saturated carbocycles. The number of carbonyl (C=O) groups is 3. The van der Waals surface area contributed by atoms with Gasteiger partial charge in [-0.25, -0.2) is 4.68 Å². The number of hydrogen-bond donors (Lipinski definition) is 3. The Morgan fingerprint density at radius 1 is 0.975 bits per heavy atom. The number of aromatic nitrogens is 3. The monoisotopic (exact) mass is 541 g/mol. The van der Waals surface area contributed by atoms with Crippen molar-refractivity contribution in [3.05, 3.63) is 77.9 Å². The number of phenols is 2. The van der Waals surface area contributed by atoms with Crippen LogP contribution in [0.1, 0.15) is 61.0 Å². The van der Waals surface area contributed by atoms with Gasteiger partial charge >= 0.3 is 0 Å². The van der Waals surface area contributed by atoms with Crippen LogP contribution in [-0.4, -0.2) is 48.8 Å². The Kier molecular flexibility index (Phi) is 7.77. The lowest BCUT2D eigenvalue weighted by atomic mass is 9.94. The third kappa shape index (κ3) is 5.66. The average molecular weight is 542 g/mol. The van der Waals surface area contributed by atoms with Crippen LogP contribution in [0.2, 0.25) is 0 Å². The largest absolute Gasteiger partial charge is 0.504 e. The van der Waals surface area contributed by atoms with Crippen LogP contribution in [0.4, 0.5) is 5.69 Å². The molecule has 1 aliphatic carbocycles. The zero-order chi connectivity index (χ0) is 28.2. The van der Waals surface area contributed by atoms with Crippen LogP contribution in [0.25, 0.3) is 11.0 Å². The second-order valence-electron chi connectivity index (χ2n) is 10.1. The van der Waals surface area contributed by atoms with E-state index in [1.807, 2.05) is 12.1 Å². The number of para-hydroxylation sites is 1. The molecule has 1 aliphatic rings. The number of amides is 2. The highest BCUT2D eigenvalue weighted by Crippen LogP contribution is 2.34. The normalized spacial score (nSPS) is 14.5. The first-order chi connectivity index (χ1) is 19.3. The Morgan fingerprint density at radius 2 is 1.75 bits per heavy atom. The Hall–Kier alpha value is -4.73. The minimum atomic E-state index is -1.21. The maximum Gasteiger partial charge on any atom is 0.249 e. The summed E-state index contributed by atoms with van der Waals surface area (Å²) in [5.41, 5.74) is 2.28. The number of fused-ring (bicyclic) bond motifs is 1. The van der Waals surface area contributed by atoms with Crippen molar-refractivity contribution in [2.24, 2.45) is 0 Å². The Labute approximate surface area is 231 Å². The molecule has 0 aliphatic heterocycles. The number of rotatable bonds is 8. The molecular formula is C30H31N5O5. The van der Waals surface area contributed by atoms with Gasteiger partial charge in [0.15, 0.2) is 17.3 Å². The Morgan fingerprint density at radius 3 is 2.50 bits per heavy atom. The van der Waals surface area contributed by atoms with Crippen LogP contribution < -0.4 is 10.2 Å². The minimum absolute atomic E-state index is 0.0470. The molecule has 40 heavy (non-hydrogen) atoms. The lowest BCUT2D eigenvalue weighted by Gasteiger charge is -2.33. The van der Waals surface area contributed by atoms with Crippen LogP contribution in [-0.2, 0) is 16.1 Å². The molecule has 0 radical (unpaired) electrons. The number of Topliss-reactive ketones (excluding diaryl/α,β-unsaturated/α-hetero) is 1. The molecule has 1 aromatic heterocycles. The summed E-state index contributed by atoms with van der Waals surface area (Å²) in [6, 6.07) is 16.6. The van der Waals surface area contributed by atoms with E-state index in [-0.39, 0.29) is 24.1 Å². The fraction of sp³-hybridized carbons (Fsp3) is 0.300. The number of phenolic OH excluding ortho intramolecular Hbond substituents is 2. The molecule has 10 heteroatoms. The van der Waals surface area contributed by atoms with Crippen molar-refractivity contribution in [3.8, 4) is 11.5 Å². The van der Waals surface area contributed by atoms with Crippen molar-refractivity contribution in [1.29, 1.82) is 0 Å². The van der Waals surface area contributed by atoms with E-state index < -0.39 is 23.6 Å². The molecule has 1 atom stereocenters. The van der Waals surface area contributed by atoms with Gasteiger partial charge in [0.05, 0.1) is 5.52 Å². The lowest BCUT2D eigenvalue weighted by molar-refractivity contribution is -0.127. The number of nitrogens with zero attached hydrogens (tertiary/aromatic N) is 4. The van der Waals surface area contributed by atoms with Crippen molar-refractivity contribution in [1.82, 2.24) is 20.3 Å². The van der Waals surface area contributed by atoms with Gasteiger partial charge in [0, 0.05) is 17.3 Å². The molecule has 1 unspecified atom stereocenters. The van der Waals surface area contributed by atoms with Crippen molar-refractivity contribution >= 4 is 34.3 Å². The first kappa shape index (κ1) is 26.9. The molecule has 206 valence electrons. The highest BCUT2D eigenvalue weighted by molar-refractivity contribution is 6.03. The summed E-state index contributed by atoms with van der Waals surface area (Å²) >= 11 is 0. The van der Waals surface area contributed by atoms with E-state index in [1.165, 1.54) is 34.7 Å². The fourth-order valence-corrected chi connectivity index (χ4v) is 5.21. The molecule has 5 rings (SSSR count). The topological polar surface area (TPSA) is 138 Å². The second kappa shape index (κ2) is 11.6. The van der Waals surface area contributed by atoms with Gasteiger partial charge in [0.1, 0.15) is 18.1 Å². The van der Waals surface area contributed by atoms with Crippen LogP contribution in [0, 0.1) is 0 Å². The summed E-state index contributed by atoms with van der Waals surface area (Å²) < 4.78 is 1.46. The highest BCUT2D eigenvalue weighted by Gasteiger charge is 2.35. The van der Waals surface area contributed by atoms with Crippen LogP contribution in [0.15, 0.2) is 66.7 Å². The van der Waals surface area contributed by atoms with E-state index in [2.05, 4.69) is 15.6 Å². The van der Waals surface area contributed by atoms with Crippen LogP contribution >= 0.6 is 0 Å². The number of ketones is 1. The average Bonchev–Trinajstić information content (AvgIpc) is 3.36. The van der Waals surface area contributed by atoms with Gasteiger partial charge in [-0.15, -0.1) is 5.10 Å². The molecule has 4 aromatic rings. The first-order valence-electron chi connectivity index (χ1n) is 13.4. The molecule has 0 bridgehead atoms. The summed E-state index contributed by atoms with van der Waals surface area (Å²) in [5, 5.41) is 31.7. The van der Waals surface area contributed by atoms with Crippen molar-refractivity contribution in [2.45, 2.75) is 57.7 Å². The van der Waals surface area contributed by atoms with Gasteiger partial charge in [0.2, 0.25) is 11.8 Å². The number of benzene rings is 3. The molecule has 1 heterocycles. The van der Waals surface area contributed by atoms with Crippen molar-refractivity contribution in [3.63, 3.8) is 0 Å². The molecule has 0 spiro atoms. The van der Waals surface area contributed by atoms with E-state index in [4.69, 9.17) is 0 Å². The molecule has 3 aromatic carbocycles. The Bertz CT molecular complexity index is 1560. The predicted molar refractivity (Wildman–Crippen MR) is 149 cm³/mol. The fourth-order valence-electron chi connectivity index (χ4n) is 5.21. The first-order valence-corrected chi connectivity index (χ1v) is 13.4. The summed E-state index contributed by atoms with van der Waals surface area (Å²) in [5.74, 6) is -1.86. The molecule has 10 nitrogen and oxygen atoms in total. The van der Waals surface area contributed by atoms with Crippen LogP contribution in [0.3, 0.4) is 0 Å². The van der Waals surface area contributed by atoms with E-state index in [9.17, 15) is 24.6 Å². The van der Waals surface area contributed by atoms with Gasteiger partial charge in [-0.1, -0.05) is 54.8 Å². The summed E-state index contributed by atoms with van der Waals surface area (Å²) in [4.78, 5) is 41.7. The number of anilines is 1. The number of aromatic hydroxyl groups is 2. The van der Waals surface area contributed by atoms with Gasteiger partial charge in [-0.2, -0.15) is 0 Å². The lowest BCUT2D eigenvalue weighted by Crippen LogP contribution is -2.48. The standard InChI is InChI=1S/C30H31N5O5/c1-19(36)20-8-7-11-23(16-20)35(28(39)18-34-25-13-6-5-12-24(25)32-33-34)29(21-14-15-26(37)27(38)17-21)30(40)31-22-9-3-2-4-10-22/h5-8,11-17,22,29,37-38H,2-4,9-10,18H2,1H3,(H,31,40). The third-order valence-electron chi connectivity index (χ3n) is 7.28. The van der Waals surface area contributed by atoms with Crippen LogP contribution in [0.5, 0.6) is 11.5 Å². The minimum Gasteiger partial charge on any atom is -0.504 e. The smallest absolute Gasteiger partial charge is 0.249 e. The maximum atomic E-state index is 14.2. The molecule has 3 N–H and O–H groups in total. The van der Waals surface area contributed by atoms with Gasteiger partial charge < -0.3 is 15.5 Å². The van der Waals surface area contributed by atoms with Crippen molar-refractivity contribution in [2.75, 3.05) is 4.90 Å². The number of nitrogens with one attached hydrogen (secondary N) is 1. The summed E-state index contributed by atoms with van der Waals surface area (Å²) in [7, 11) is 0. The SMILES string of the molecule is CC(=O)c1cccc(N(C(=O)Cn2nnc3ccccc32)C(C(=O)NC2CCCCC2)c2ccc(O)c(O)c2)c1. The van der Waals surface area contributed by atoms with Gasteiger partial charge in [-0.3, -0.25) is 19.3 Å². The zero-order valence-corrected chi connectivity index (χ0v) is 22.2. The quantitative estimate of drug-likeness (QED) is 0.224. The van der Waals surface area contributed by atoms with Gasteiger partial charge in [0.25, 0.3) is 0 Å². The van der Waals surface area contributed by atoms with E-state index in [0.717, 1.165) is 32.1 Å². The molecule has 2 amide bonds. The molecule has 1 fully saturated rings. The summed E-state index contributed by atoms with van der Waals surface area (Å²) in [6.45, 7) is 1.19. The summed E-state index contributed by atoms with van der Waals surface area (Å²) in [6.07, 6.45) is 4.77. The zero-order valence-electron chi connectivity index (χ0n) is 22.2. The molecular weight excluding hydrogens is 510 g/mol.